The van der Waals surface area contributed by atoms with Gasteiger partial charge in [0.15, 0.2) is 17.3 Å². The average molecular weight is 329 g/mol. The highest BCUT2D eigenvalue weighted by atomic mass is 79.9. The molecule has 0 spiro atoms. The zero-order chi connectivity index (χ0) is 13.5. The third-order valence-corrected chi connectivity index (χ3v) is 3.85. The highest BCUT2D eigenvalue weighted by molar-refractivity contribution is 9.10. The smallest absolute Gasteiger partial charge is 0.231 e. The number of aromatic nitrogens is 2. The molecule has 2 aromatic carbocycles. The number of nitrogens with zero attached hydrogens (tertiary/aromatic N) is 2. The molecular weight excluding hydrogens is 320 g/mol. The molecule has 5 heteroatoms. The van der Waals surface area contributed by atoms with Crippen LogP contribution in [0, 0.1) is 0 Å². The van der Waals surface area contributed by atoms with E-state index in [0.29, 0.717) is 5.82 Å². The Kier molecular flexibility index (Phi) is 2.60. The minimum absolute atomic E-state index is 0.254. The van der Waals surface area contributed by atoms with Crippen molar-refractivity contribution >= 4 is 26.8 Å². The van der Waals surface area contributed by atoms with Crippen molar-refractivity contribution in [2.45, 2.75) is 0 Å². The number of hydrogen-bond acceptors (Lipinski definition) is 4. The molecule has 0 fully saturated rings. The molecule has 0 saturated heterocycles. The van der Waals surface area contributed by atoms with Gasteiger partial charge in [-0.1, -0.05) is 18.2 Å². The van der Waals surface area contributed by atoms with Crippen molar-refractivity contribution in [3.05, 3.63) is 47.1 Å². The average Bonchev–Trinajstić information content (AvgIpc) is 2.93. The van der Waals surface area contributed by atoms with Gasteiger partial charge in [-0.2, -0.15) is 0 Å². The molecule has 1 aliphatic heterocycles. The lowest BCUT2D eigenvalue weighted by molar-refractivity contribution is 0.174. The quantitative estimate of drug-likeness (QED) is 0.681. The summed E-state index contributed by atoms with van der Waals surface area (Å²) in [6.45, 7) is 0.254. The summed E-state index contributed by atoms with van der Waals surface area (Å²) >= 11 is 3.54. The molecule has 2 heterocycles. The van der Waals surface area contributed by atoms with E-state index < -0.39 is 0 Å². The summed E-state index contributed by atoms with van der Waals surface area (Å²) in [5.41, 5.74) is 1.81. The Morgan fingerprint density at radius 2 is 1.85 bits per heavy atom. The first-order valence-electron chi connectivity index (χ1n) is 6.12. The minimum atomic E-state index is 0.254. The van der Waals surface area contributed by atoms with Crippen molar-refractivity contribution in [1.29, 1.82) is 0 Å². The van der Waals surface area contributed by atoms with Crippen LogP contribution in [0.1, 0.15) is 0 Å². The predicted octanol–water partition coefficient (Wildman–Crippen LogP) is 3.79. The van der Waals surface area contributed by atoms with E-state index in [1.165, 1.54) is 0 Å². The van der Waals surface area contributed by atoms with Gasteiger partial charge in [-0.15, -0.1) is 0 Å². The van der Waals surface area contributed by atoms with Crippen molar-refractivity contribution in [2.75, 3.05) is 6.79 Å². The van der Waals surface area contributed by atoms with E-state index in [2.05, 4.69) is 25.9 Å². The zero-order valence-corrected chi connectivity index (χ0v) is 11.9. The Hall–Kier alpha value is -2.14. The molecule has 0 radical (unpaired) electrons. The van der Waals surface area contributed by atoms with E-state index in [1.54, 1.807) is 0 Å². The van der Waals surface area contributed by atoms with Gasteiger partial charge < -0.3 is 9.47 Å². The fourth-order valence-corrected chi connectivity index (χ4v) is 2.69. The van der Waals surface area contributed by atoms with Gasteiger partial charge in [0, 0.05) is 21.6 Å². The molecule has 20 heavy (non-hydrogen) atoms. The number of hydrogen-bond donors (Lipinski definition) is 0. The fraction of sp³-hybridized carbons (Fsp3) is 0.0667. The number of fused-ring (bicyclic) bond motifs is 2. The van der Waals surface area contributed by atoms with Gasteiger partial charge in [-0.05, 0) is 34.1 Å². The highest BCUT2D eigenvalue weighted by Crippen LogP contribution is 2.40. The van der Waals surface area contributed by atoms with Gasteiger partial charge >= 0.3 is 0 Å². The van der Waals surface area contributed by atoms with Gasteiger partial charge in [-0.25, -0.2) is 9.97 Å². The van der Waals surface area contributed by atoms with Crippen molar-refractivity contribution in [3.63, 3.8) is 0 Å². The molecule has 1 aromatic heterocycles. The van der Waals surface area contributed by atoms with Crippen LogP contribution in [0.2, 0.25) is 0 Å². The van der Waals surface area contributed by atoms with Crippen molar-refractivity contribution in [3.8, 4) is 22.9 Å². The summed E-state index contributed by atoms with van der Waals surface area (Å²) < 4.78 is 11.6. The van der Waals surface area contributed by atoms with Gasteiger partial charge in [0.25, 0.3) is 0 Å². The van der Waals surface area contributed by atoms with Crippen LogP contribution in [0.3, 0.4) is 0 Å². The molecule has 4 rings (SSSR count). The Bertz CT molecular complexity index is 820. The SMILES string of the molecule is Brc1cc2c(cc1-c1ncc3ccccc3n1)OCO2. The topological polar surface area (TPSA) is 44.2 Å². The second-order valence-corrected chi connectivity index (χ2v) is 5.29. The number of ether oxygens (including phenoxy) is 2. The monoisotopic (exact) mass is 328 g/mol. The van der Waals surface area contributed by atoms with E-state index in [1.807, 2.05) is 42.6 Å². The zero-order valence-electron chi connectivity index (χ0n) is 10.3. The Morgan fingerprint density at radius 3 is 2.75 bits per heavy atom. The molecule has 0 saturated carbocycles. The van der Waals surface area contributed by atoms with Crippen molar-refractivity contribution in [1.82, 2.24) is 9.97 Å². The van der Waals surface area contributed by atoms with E-state index in [4.69, 9.17) is 9.47 Å². The standard InChI is InChI=1S/C15H9BrN2O2/c16-11-6-14-13(19-8-20-14)5-10(11)15-17-7-9-3-1-2-4-12(9)18-15/h1-7H,8H2. The maximum absolute atomic E-state index is 5.40. The van der Waals surface area contributed by atoms with E-state index in [9.17, 15) is 0 Å². The molecule has 1 aliphatic rings. The number of benzene rings is 2. The largest absolute Gasteiger partial charge is 0.454 e. The van der Waals surface area contributed by atoms with Gasteiger partial charge in [0.05, 0.1) is 5.52 Å². The second kappa shape index (κ2) is 4.45. The summed E-state index contributed by atoms with van der Waals surface area (Å²) in [7, 11) is 0. The second-order valence-electron chi connectivity index (χ2n) is 4.44. The summed E-state index contributed by atoms with van der Waals surface area (Å²) in [5, 5.41) is 1.02. The predicted molar refractivity (Wildman–Crippen MR) is 78.8 cm³/mol. The Balaban J connectivity index is 1.90. The number of rotatable bonds is 1. The lowest BCUT2D eigenvalue weighted by Gasteiger charge is -2.06. The summed E-state index contributed by atoms with van der Waals surface area (Å²) in [4.78, 5) is 9.02. The molecular formula is C15H9BrN2O2. The van der Waals surface area contributed by atoms with Crippen molar-refractivity contribution < 1.29 is 9.47 Å². The number of para-hydroxylation sites is 1. The molecule has 4 nitrogen and oxygen atoms in total. The van der Waals surface area contributed by atoms with Gasteiger partial charge in [0.2, 0.25) is 6.79 Å². The molecule has 0 bridgehead atoms. The minimum Gasteiger partial charge on any atom is -0.454 e. The van der Waals surface area contributed by atoms with Gasteiger partial charge in [0.1, 0.15) is 0 Å². The lowest BCUT2D eigenvalue weighted by Crippen LogP contribution is -1.93. The summed E-state index contributed by atoms with van der Waals surface area (Å²) in [5.74, 6) is 2.12. The molecule has 98 valence electrons. The maximum atomic E-state index is 5.40. The van der Waals surface area contributed by atoms with Crippen LogP contribution < -0.4 is 9.47 Å². The van der Waals surface area contributed by atoms with Crippen LogP contribution in [0.5, 0.6) is 11.5 Å². The molecule has 3 aromatic rings. The van der Waals surface area contributed by atoms with Crippen LogP contribution in [0.15, 0.2) is 47.1 Å². The Labute approximate surface area is 123 Å². The maximum Gasteiger partial charge on any atom is 0.231 e. The summed E-state index contributed by atoms with van der Waals surface area (Å²) in [6.07, 6.45) is 1.83. The van der Waals surface area contributed by atoms with Crippen LogP contribution in [-0.4, -0.2) is 16.8 Å². The van der Waals surface area contributed by atoms with E-state index >= 15 is 0 Å². The third kappa shape index (κ3) is 1.82. The fourth-order valence-electron chi connectivity index (χ4n) is 2.19. The van der Waals surface area contributed by atoms with Crippen LogP contribution in [-0.2, 0) is 0 Å². The first-order chi connectivity index (χ1) is 9.81. The van der Waals surface area contributed by atoms with Crippen LogP contribution >= 0.6 is 15.9 Å². The molecule has 0 unspecified atom stereocenters. The highest BCUT2D eigenvalue weighted by Gasteiger charge is 2.18. The van der Waals surface area contributed by atoms with Crippen LogP contribution in [0.4, 0.5) is 0 Å². The van der Waals surface area contributed by atoms with E-state index in [0.717, 1.165) is 32.4 Å². The van der Waals surface area contributed by atoms with Crippen LogP contribution in [0.25, 0.3) is 22.3 Å². The third-order valence-electron chi connectivity index (χ3n) is 3.19. The van der Waals surface area contributed by atoms with Gasteiger partial charge in [-0.3, -0.25) is 0 Å². The normalized spacial score (nSPS) is 12.8. The van der Waals surface area contributed by atoms with E-state index in [-0.39, 0.29) is 6.79 Å². The number of halogens is 1. The lowest BCUT2D eigenvalue weighted by atomic mass is 10.1. The Morgan fingerprint density at radius 1 is 1.05 bits per heavy atom. The van der Waals surface area contributed by atoms with Crippen molar-refractivity contribution in [2.24, 2.45) is 0 Å². The summed E-state index contributed by atoms with van der Waals surface area (Å²) in [6, 6.07) is 11.7. The molecule has 0 N–H and O–H groups in total. The molecule has 0 aliphatic carbocycles. The first-order valence-corrected chi connectivity index (χ1v) is 6.92. The molecule has 0 atom stereocenters. The first kappa shape index (κ1) is 11.7. The molecule has 0 amide bonds.